The van der Waals surface area contributed by atoms with E-state index in [1.54, 1.807) is 29.1 Å². The molecule has 5 heterocycles. The molecule has 1 atom stereocenters. The number of aromatic nitrogens is 10. The van der Waals surface area contributed by atoms with Gasteiger partial charge in [0, 0.05) is 48.4 Å². The molecule has 224 valence electrons. The smallest absolute Gasteiger partial charge is 0.270 e. The summed E-state index contributed by atoms with van der Waals surface area (Å²) in [6.45, 7) is 4.03. The monoisotopic (exact) mass is 623 g/mol. The van der Waals surface area contributed by atoms with Crippen molar-refractivity contribution < 1.29 is 22.2 Å². The third-order valence-corrected chi connectivity index (χ3v) is 7.32. The fourth-order valence-corrected chi connectivity index (χ4v) is 4.95. The predicted octanol–water partition coefficient (Wildman–Crippen LogP) is 5.82. The zero-order chi connectivity index (χ0) is 31.0. The van der Waals surface area contributed by atoms with Gasteiger partial charge in [-0.25, -0.2) is 4.39 Å². The van der Waals surface area contributed by atoms with Crippen molar-refractivity contribution in [3.63, 3.8) is 0 Å². The highest BCUT2D eigenvalue weighted by molar-refractivity contribution is 6.31. The fraction of sp³-hybridized carbons (Fsp3) is 0.207. The van der Waals surface area contributed by atoms with Crippen LogP contribution in [0.5, 0.6) is 0 Å². The number of benzene rings is 1. The molecule has 0 aliphatic carbocycles. The maximum absolute atomic E-state index is 15.4. The minimum atomic E-state index is -4.58. The minimum Gasteiger partial charge on any atom is -0.270 e. The Balaban J connectivity index is 1.39. The Bertz CT molecular complexity index is 1900. The van der Waals surface area contributed by atoms with Crippen molar-refractivity contribution in [2.75, 3.05) is 0 Å². The van der Waals surface area contributed by atoms with Crippen molar-refractivity contribution in [1.29, 1.82) is 0 Å². The number of halogens is 5. The Hall–Kier alpha value is -4.98. The van der Waals surface area contributed by atoms with E-state index in [0.717, 1.165) is 18.0 Å². The normalized spacial score (nSPS) is 12.6. The molecule has 5 aromatic heterocycles. The average molecular weight is 624 g/mol. The zero-order valence-electron chi connectivity index (χ0n) is 23.3. The maximum Gasteiger partial charge on any atom is 0.433 e. The Morgan fingerprint density at radius 1 is 0.977 bits per heavy atom. The summed E-state index contributed by atoms with van der Waals surface area (Å²) >= 11 is 6.13. The Kier molecular flexibility index (Phi) is 7.67. The first-order valence-electron chi connectivity index (χ1n) is 13.4. The molecule has 0 aliphatic rings. The summed E-state index contributed by atoms with van der Waals surface area (Å²) in [5.74, 6) is -0.635. The molecule has 0 fully saturated rings. The number of alkyl halides is 3. The van der Waals surface area contributed by atoms with Gasteiger partial charge >= 0.3 is 6.18 Å². The topological polar surface area (TPSA) is 107 Å². The average Bonchev–Trinajstić information content (AvgIpc) is 3.80. The van der Waals surface area contributed by atoms with Crippen molar-refractivity contribution in [1.82, 2.24) is 45.1 Å². The standard InChI is InChI=1S/C29H23ClF4N10/c1-17(2)42-10-8-21(39-42)12-25(43-15-20(14-38-43)18-7-9-35-26(11-18)29(32,33)34)23-5-3-19(13-36-23)27-24(44-16-37-40-41-44)6-4-22(30)28(27)31/h3-11,13-17,25H,12H2,1-2H3/p+1/t25-/m1/s1. The number of rotatable bonds is 8. The van der Waals surface area contributed by atoms with Gasteiger partial charge in [-0.1, -0.05) is 22.9 Å². The lowest BCUT2D eigenvalue weighted by Crippen LogP contribution is -2.33. The first kappa shape index (κ1) is 29.1. The highest BCUT2D eigenvalue weighted by Gasteiger charge is 2.32. The molecule has 10 nitrogen and oxygen atoms in total. The van der Waals surface area contributed by atoms with E-state index in [0.29, 0.717) is 34.5 Å². The zero-order valence-corrected chi connectivity index (χ0v) is 24.0. The molecule has 6 aromatic rings. The van der Waals surface area contributed by atoms with Gasteiger partial charge in [0.1, 0.15) is 16.5 Å². The second kappa shape index (κ2) is 11.6. The molecule has 0 bridgehead atoms. The van der Waals surface area contributed by atoms with Crippen LogP contribution in [0, 0.1) is 5.82 Å². The van der Waals surface area contributed by atoms with E-state index in [9.17, 15) is 13.2 Å². The minimum absolute atomic E-state index is 0.0617. The Morgan fingerprint density at radius 3 is 2.50 bits per heavy atom. The molecule has 15 heteroatoms. The van der Waals surface area contributed by atoms with Gasteiger partial charge in [0.15, 0.2) is 11.0 Å². The van der Waals surface area contributed by atoms with E-state index < -0.39 is 23.7 Å². The lowest BCUT2D eigenvalue weighted by Gasteiger charge is -2.17. The largest absolute Gasteiger partial charge is 0.433 e. The van der Waals surface area contributed by atoms with Crippen LogP contribution in [-0.2, 0) is 12.6 Å². The first-order valence-corrected chi connectivity index (χ1v) is 13.8. The molecule has 0 aliphatic heterocycles. The van der Waals surface area contributed by atoms with E-state index in [4.69, 9.17) is 11.6 Å². The molecular weight excluding hydrogens is 600 g/mol. The van der Waals surface area contributed by atoms with E-state index >= 15 is 4.39 Å². The lowest BCUT2D eigenvalue weighted by atomic mass is 10.0. The molecule has 0 radical (unpaired) electrons. The number of pyridine rings is 2. The van der Waals surface area contributed by atoms with Crippen LogP contribution in [-0.4, -0.2) is 45.1 Å². The van der Waals surface area contributed by atoms with Gasteiger partial charge in [0.2, 0.25) is 0 Å². The number of nitrogens with zero attached hydrogens (tertiary/aromatic N) is 9. The highest BCUT2D eigenvalue weighted by Crippen LogP contribution is 2.34. The van der Waals surface area contributed by atoms with Gasteiger partial charge in [-0.2, -0.15) is 23.4 Å². The van der Waals surface area contributed by atoms with Gasteiger partial charge in [0.05, 0.1) is 34.2 Å². The van der Waals surface area contributed by atoms with Crippen LogP contribution in [0.2, 0.25) is 5.02 Å². The van der Waals surface area contributed by atoms with E-state index in [1.165, 1.54) is 35.5 Å². The van der Waals surface area contributed by atoms with Crippen molar-refractivity contribution >= 4 is 11.6 Å². The summed E-state index contributed by atoms with van der Waals surface area (Å²) < 4.78 is 60.2. The van der Waals surface area contributed by atoms with Crippen molar-refractivity contribution in [2.24, 2.45) is 0 Å². The second-order valence-corrected chi connectivity index (χ2v) is 10.7. The van der Waals surface area contributed by atoms with Crippen LogP contribution in [0.25, 0.3) is 27.9 Å². The molecule has 1 aromatic carbocycles. The quantitative estimate of drug-likeness (QED) is 0.169. The fourth-order valence-electron chi connectivity index (χ4n) is 4.79. The van der Waals surface area contributed by atoms with Crippen molar-refractivity contribution in [3.05, 3.63) is 108 Å². The molecule has 6 rings (SSSR count). The summed E-state index contributed by atoms with van der Waals surface area (Å²) in [4.78, 5) is 8.12. The van der Waals surface area contributed by atoms with Crippen molar-refractivity contribution in [3.8, 4) is 27.9 Å². The third-order valence-electron chi connectivity index (χ3n) is 7.03. The third kappa shape index (κ3) is 5.80. The Morgan fingerprint density at radius 2 is 1.82 bits per heavy atom. The number of tetrazole rings is 1. The number of hydrogen-bond donors (Lipinski definition) is 1. The summed E-state index contributed by atoms with van der Waals surface area (Å²) in [7, 11) is 0. The summed E-state index contributed by atoms with van der Waals surface area (Å²) in [6.07, 6.45) is 4.87. The molecule has 0 amide bonds. The first-order chi connectivity index (χ1) is 21.1. The number of aromatic amines is 1. The van der Waals surface area contributed by atoms with E-state index in [2.05, 4.69) is 35.7 Å². The van der Waals surface area contributed by atoms with Gasteiger partial charge in [0.25, 0.3) is 6.33 Å². The van der Waals surface area contributed by atoms with Crippen LogP contribution >= 0.6 is 11.6 Å². The van der Waals surface area contributed by atoms with Gasteiger partial charge in [-0.3, -0.25) is 19.3 Å². The van der Waals surface area contributed by atoms with E-state index in [1.807, 2.05) is 30.8 Å². The number of H-pyrrole nitrogens is 1. The van der Waals surface area contributed by atoms with Crippen molar-refractivity contribution in [2.45, 2.75) is 38.5 Å². The SMILES string of the molecule is CC(C)n1ccc(C[C@H](c2ccc(-c3c(-[n+]4cnn[nH]4)ccc(Cl)c3F)cn2)n2cc(-c3ccnc(C(F)(F)F)c3)cn2)n1. The second-order valence-electron chi connectivity index (χ2n) is 10.3. The maximum atomic E-state index is 15.4. The van der Waals surface area contributed by atoms with Crippen LogP contribution in [0.15, 0.2) is 79.8 Å². The van der Waals surface area contributed by atoms with E-state index in [-0.39, 0.29) is 16.6 Å². The molecule has 0 spiro atoms. The highest BCUT2D eigenvalue weighted by atomic mass is 35.5. The van der Waals surface area contributed by atoms with Crippen LogP contribution in [0.4, 0.5) is 17.6 Å². The van der Waals surface area contributed by atoms with Crippen LogP contribution < -0.4 is 4.68 Å². The molecule has 0 saturated carbocycles. The van der Waals surface area contributed by atoms with Gasteiger partial charge in [-0.05, 0) is 55.8 Å². The van der Waals surface area contributed by atoms with Crippen LogP contribution in [0.3, 0.4) is 0 Å². The number of hydrogen-bond acceptors (Lipinski definition) is 6. The van der Waals surface area contributed by atoms with Gasteiger partial charge in [-0.15, -0.1) is 4.68 Å². The molecular formula is C29H24ClF4N10+. The number of nitrogens with one attached hydrogen (secondary N) is 1. The predicted molar refractivity (Wildman–Crippen MR) is 151 cm³/mol. The lowest BCUT2D eigenvalue weighted by molar-refractivity contribution is -0.659. The summed E-state index contributed by atoms with van der Waals surface area (Å²) in [6, 6.07) is 10.6. The summed E-state index contributed by atoms with van der Waals surface area (Å²) in [5.41, 5.74) is 2.21. The molecule has 0 unspecified atom stereocenters. The summed E-state index contributed by atoms with van der Waals surface area (Å²) in [5, 5.41) is 19.2. The van der Waals surface area contributed by atoms with Gasteiger partial charge < -0.3 is 0 Å². The van der Waals surface area contributed by atoms with Crippen LogP contribution in [0.1, 0.15) is 43.0 Å². The Labute approximate surface area is 253 Å². The molecule has 0 saturated heterocycles. The molecule has 1 N–H and O–H groups in total. The molecule has 44 heavy (non-hydrogen) atoms.